The van der Waals surface area contributed by atoms with Crippen LogP contribution in [0.1, 0.15) is 18.9 Å². The van der Waals surface area contributed by atoms with E-state index in [-0.39, 0.29) is 6.42 Å². The van der Waals surface area contributed by atoms with E-state index in [1.807, 2.05) is 6.92 Å². The van der Waals surface area contributed by atoms with E-state index in [1.165, 1.54) is 0 Å². The standard InChI is InChI=1S/C12H16F3NO/c1-2-17-10-5-3-4-9(8-10)6-7-11(16)12(13,14)15/h3-5,8,11H,2,6-7,16H2,1H3/t11-/m0/s1. The predicted octanol–water partition coefficient (Wildman–Crippen LogP) is 2.91. The Bertz CT molecular complexity index is 352. The molecule has 0 amide bonds. The highest BCUT2D eigenvalue weighted by Gasteiger charge is 2.35. The smallest absolute Gasteiger partial charge is 0.403 e. The fourth-order valence-electron chi connectivity index (χ4n) is 1.44. The molecule has 0 saturated heterocycles. The van der Waals surface area contributed by atoms with Crippen LogP contribution in [0.4, 0.5) is 13.2 Å². The second kappa shape index (κ2) is 5.91. The lowest BCUT2D eigenvalue weighted by Gasteiger charge is -2.15. The molecule has 0 spiro atoms. The number of hydrogen-bond acceptors (Lipinski definition) is 2. The van der Waals surface area contributed by atoms with E-state index < -0.39 is 12.2 Å². The zero-order valence-corrected chi connectivity index (χ0v) is 9.63. The minimum absolute atomic E-state index is 0.112. The van der Waals surface area contributed by atoms with Crippen molar-refractivity contribution in [2.45, 2.75) is 32.0 Å². The quantitative estimate of drug-likeness (QED) is 0.868. The first kappa shape index (κ1) is 13.8. The average molecular weight is 247 g/mol. The molecule has 1 aromatic carbocycles. The molecule has 0 aliphatic carbocycles. The van der Waals surface area contributed by atoms with Crippen molar-refractivity contribution in [1.82, 2.24) is 0 Å². The molecule has 1 atom stereocenters. The second-order valence-corrected chi connectivity index (χ2v) is 3.77. The van der Waals surface area contributed by atoms with E-state index in [9.17, 15) is 13.2 Å². The summed E-state index contributed by atoms with van der Waals surface area (Å²) in [5.41, 5.74) is 5.84. The summed E-state index contributed by atoms with van der Waals surface area (Å²) < 4.78 is 41.9. The predicted molar refractivity (Wildman–Crippen MR) is 60.0 cm³/mol. The molecule has 0 fully saturated rings. The largest absolute Gasteiger partial charge is 0.494 e. The Morgan fingerprint density at radius 1 is 1.35 bits per heavy atom. The fourth-order valence-corrected chi connectivity index (χ4v) is 1.44. The molecular weight excluding hydrogens is 231 g/mol. The van der Waals surface area contributed by atoms with Crippen molar-refractivity contribution in [2.24, 2.45) is 5.73 Å². The van der Waals surface area contributed by atoms with Crippen molar-refractivity contribution in [3.05, 3.63) is 29.8 Å². The summed E-state index contributed by atoms with van der Waals surface area (Å²) >= 11 is 0. The van der Waals surface area contributed by atoms with Crippen LogP contribution >= 0.6 is 0 Å². The highest BCUT2D eigenvalue weighted by Crippen LogP contribution is 2.22. The molecule has 1 rings (SSSR count). The maximum atomic E-state index is 12.2. The lowest BCUT2D eigenvalue weighted by Crippen LogP contribution is -2.37. The Morgan fingerprint density at radius 2 is 2.06 bits per heavy atom. The van der Waals surface area contributed by atoms with Gasteiger partial charge in [0.15, 0.2) is 0 Å². The molecule has 0 unspecified atom stereocenters. The third-order valence-corrected chi connectivity index (χ3v) is 2.37. The van der Waals surface area contributed by atoms with Gasteiger partial charge in [-0.25, -0.2) is 0 Å². The summed E-state index contributed by atoms with van der Waals surface area (Å²) in [7, 11) is 0. The van der Waals surface area contributed by atoms with Crippen molar-refractivity contribution in [3.8, 4) is 5.75 Å². The molecule has 0 saturated carbocycles. The van der Waals surface area contributed by atoms with Gasteiger partial charge in [-0.1, -0.05) is 12.1 Å². The van der Waals surface area contributed by atoms with E-state index in [1.54, 1.807) is 24.3 Å². The minimum Gasteiger partial charge on any atom is -0.494 e. The molecule has 96 valence electrons. The molecule has 0 aliphatic rings. The molecule has 0 aliphatic heterocycles. The van der Waals surface area contributed by atoms with E-state index in [2.05, 4.69) is 0 Å². The van der Waals surface area contributed by atoms with E-state index in [4.69, 9.17) is 10.5 Å². The maximum Gasteiger partial charge on any atom is 0.403 e. The van der Waals surface area contributed by atoms with Crippen molar-refractivity contribution >= 4 is 0 Å². The summed E-state index contributed by atoms with van der Waals surface area (Å²) in [5.74, 6) is 0.672. The lowest BCUT2D eigenvalue weighted by atomic mass is 10.1. The van der Waals surface area contributed by atoms with Crippen LogP contribution < -0.4 is 10.5 Å². The summed E-state index contributed by atoms with van der Waals surface area (Å²) in [5, 5.41) is 0. The average Bonchev–Trinajstić information content (AvgIpc) is 2.25. The molecule has 0 bridgehead atoms. The van der Waals surface area contributed by atoms with Gasteiger partial charge >= 0.3 is 6.18 Å². The summed E-state index contributed by atoms with van der Waals surface area (Å²) in [6.45, 7) is 2.39. The zero-order chi connectivity index (χ0) is 12.9. The first-order valence-corrected chi connectivity index (χ1v) is 5.47. The SMILES string of the molecule is CCOc1cccc(CC[C@H](N)C(F)(F)F)c1. The minimum atomic E-state index is -4.32. The van der Waals surface area contributed by atoms with Gasteiger partial charge in [0.05, 0.1) is 6.61 Å². The molecule has 5 heteroatoms. The third kappa shape index (κ3) is 4.65. The highest BCUT2D eigenvalue weighted by molar-refractivity contribution is 5.28. The Morgan fingerprint density at radius 3 is 2.65 bits per heavy atom. The Kier molecular flexibility index (Phi) is 4.81. The van der Waals surface area contributed by atoms with Crippen LogP contribution in [-0.4, -0.2) is 18.8 Å². The van der Waals surface area contributed by atoms with Crippen LogP contribution in [0.3, 0.4) is 0 Å². The Labute approximate surface area is 98.6 Å². The molecule has 0 radical (unpaired) electrons. The summed E-state index contributed by atoms with van der Waals surface area (Å²) in [6.07, 6.45) is -4.14. The number of hydrogen-bond donors (Lipinski definition) is 1. The van der Waals surface area contributed by atoms with Gasteiger partial charge in [0, 0.05) is 0 Å². The van der Waals surface area contributed by atoms with Crippen LogP contribution in [0.5, 0.6) is 5.75 Å². The molecule has 0 heterocycles. The molecular formula is C12H16F3NO. The lowest BCUT2D eigenvalue weighted by molar-refractivity contribution is -0.148. The number of aryl methyl sites for hydroxylation is 1. The van der Waals surface area contributed by atoms with Crippen LogP contribution in [0, 0.1) is 0 Å². The maximum absolute atomic E-state index is 12.2. The zero-order valence-electron chi connectivity index (χ0n) is 9.63. The van der Waals surface area contributed by atoms with Crippen molar-refractivity contribution < 1.29 is 17.9 Å². The second-order valence-electron chi connectivity index (χ2n) is 3.77. The first-order chi connectivity index (χ1) is 7.93. The summed E-state index contributed by atoms with van der Waals surface area (Å²) in [6, 6.07) is 5.28. The number of benzene rings is 1. The van der Waals surface area contributed by atoms with Gasteiger partial charge in [0.1, 0.15) is 11.8 Å². The third-order valence-electron chi connectivity index (χ3n) is 2.37. The van der Waals surface area contributed by atoms with Gasteiger partial charge in [-0.05, 0) is 37.5 Å². The molecule has 0 aromatic heterocycles. The van der Waals surface area contributed by atoms with Gasteiger partial charge in [-0.2, -0.15) is 13.2 Å². The number of halogens is 3. The number of ether oxygens (including phenoxy) is 1. The first-order valence-electron chi connectivity index (χ1n) is 5.47. The van der Waals surface area contributed by atoms with Crippen LogP contribution in [0.15, 0.2) is 24.3 Å². The molecule has 17 heavy (non-hydrogen) atoms. The van der Waals surface area contributed by atoms with Gasteiger partial charge < -0.3 is 10.5 Å². The van der Waals surface area contributed by atoms with Gasteiger partial charge in [0.2, 0.25) is 0 Å². The topological polar surface area (TPSA) is 35.2 Å². The van der Waals surface area contributed by atoms with Crippen LogP contribution in [0.25, 0.3) is 0 Å². The van der Waals surface area contributed by atoms with Crippen molar-refractivity contribution in [1.29, 1.82) is 0 Å². The normalized spacial score (nSPS) is 13.5. The van der Waals surface area contributed by atoms with Crippen LogP contribution in [0.2, 0.25) is 0 Å². The van der Waals surface area contributed by atoms with E-state index in [0.717, 1.165) is 5.56 Å². The van der Waals surface area contributed by atoms with E-state index in [0.29, 0.717) is 18.8 Å². The van der Waals surface area contributed by atoms with Crippen molar-refractivity contribution in [3.63, 3.8) is 0 Å². The molecule has 1 aromatic rings. The number of nitrogens with two attached hydrogens (primary N) is 1. The van der Waals surface area contributed by atoms with Gasteiger partial charge in [0.25, 0.3) is 0 Å². The Hall–Kier alpha value is -1.23. The van der Waals surface area contributed by atoms with Crippen LogP contribution in [-0.2, 0) is 6.42 Å². The fraction of sp³-hybridized carbons (Fsp3) is 0.500. The monoisotopic (exact) mass is 247 g/mol. The van der Waals surface area contributed by atoms with Crippen molar-refractivity contribution in [2.75, 3.05) is 6.61 Å². The summed E-state index contributed by atoms with van der Waals surface area (Å²) in [4.78, 5) is 0. The number of rotatable bonds is 5. The van der Waals surface area contributed by atoms with Gasteiger partial charge in [-0.15, -0.1) is 0 Å². The molecule has 2 N–H and O–H groups in total. The van der Waals surface area contributed by atoms with E-state index >= 15 is 0 Å². The Balaban J connectivity index is 2.54. The highest BCUT2D eigenvalue weighted by atomic mass is 19.4. The molecule has 2 nitrogen and oxygen atoms in total. The van der Waals surface area contributed by atoms with Gasteiger partial charge in [-0.3, -0.25) is 0 Å². The number of alkyl halides is 3.